The monoisotopic (exact) mass is 316 g/mol. The van der Waals surface area contributed by atoms with Crippen LogP contribution in [-0.2, 0) is 0 Å². The summed E-state index contributed by atoms with van der Waals surface area (Å²) in [6.07, 6.45) is 8.44. The van der Waals surface area contributed by atoms with Crippen molar-refractivity contribution < 1.29 is 4.79 Å². The first-order valence-corrected chi connectivity index (χ1v) is 8.13. The van der Waals surface area contributed by atoms with Gasteiger partial charge in [0.25, 0.3) is 0 Å². The fourth-order valence-corrected chi connectivity index (χ4v) is 2.97. The maximum atomic E-state index is 12.5. The molecule has 7 heteroatoms. The van der Waals surface area contributed by atoms with Crippen LogP contribution in [0.15, 0.2) is 31.0 Å². The molecule has 2 atom stereocenters. The second kappa shape index (κ2) is 6.44. The quantitative estimate of drug-likeness (QED) is 0.946. The molecule has 1 saturated heterocycles. The van der Waals surface area contributed by atoms with E-state index in [0.29, 0.717) is 18.3 Å². The molecule has 0 aromatic carbocycles. The minimum absolute atomic E-state index is 0.0870. The van der Waals surface area contributed by atoms with E-state index in [1.54, 1.807) is 6.20 Å². The molecule has 1 aliphatic heterocycles. The van der Waals surface area contributed by atoms with Crippen molar-refractivity contribution in [3.05, 3.63) is 31.0 Å². The van der Waals surface area contributed by atoms with Crippen molar-refractivity contribution in [2.45, 2.75) is 39.3 Å². The van der Waals surface area contributed by atoms with Gasteiger partial charge in [-0.15, -0.1) is 0 Å². The number of rotatable bonds is 3. The molecule has 2 amide bonds. The van der Waals surface area contributed by atoms with Crippen LogP contribution in [-0.4, -0.2) is 43.4 Å². The van der Waals surface area contributed by atoms with Crippen LogP contribution in [0.3, 0.4) is 0 Å². The molecule has 1 N–H and O–H groups in total. The minimum Gasteiger partial charge on any atom is -0.332 e. The Balaban J connectivity index is 1.65. The second-order valence-corrected chi connectivity index (χ2v) is 6.49. The van der Waals surface area contributed by atoms with E-state index in [4.69, 9.17) is 0 Å². The number of anilines is 1. The van der Waals surface area contributed by atoms with E-state index in [1.165, 1.54) is 0 Å². The Morgan fingerprint density at radius 2 is 2.22 bits per heavy atom. The fraction of sp³-hybridized carbons (Fsp3) is 0.562. The number of amides is 2. The van der Waals surface area contributed by atoms with E-state index < -0.39 is 0 Å². The zero-order valence-electron chi connectivity index (χ0n) is 13.9. The number of hydrogen-bond donors (Lipinski definition) is 1. The Labute approximate surface area is 136 Å². The Hall–Kier alpha value is -2.31. The van der Waals surface area contributed by atoms with E-state index >= 15 is 0 Å². The zero-order valence-corrected chi connectivity index (χ0v) is 13.9. The highest BCUT2D eigenvalue weighted by Gasteiger charge is 2.30. The number of imidazole rings is 1. The Morgan fingerprint density at radius 1 is 1.39 bits per heavy atom. The van der Waals surface area contributed by atoms with Crippen molar-refractivity contribution in [3.63, 3.8) is 0 Å². The van der Waals surface area contributed by atoms with Crippen LogP contribution in [0.25, 0.3) is 0 Å². The van der Waals surface area contributed by atoms with Gasteiger partial charge in [0.1, 0.15) is 0 Å². The summed E-state index contributed by atoms with van der Waals surface area (Å²) >= 11 is 0. The lowest BCUT2D eigenvalue weighted by molar-refractivity contribution is 0.149. The van der Waals surface area contributed by atoms with Gasteiger partial charge in [-0.2, -0.15) is 5.10 Å². The van der Waals surface area contributed by atoms with Crippen molar-refractivity contribution >= 4 is 11.8 Å². The van der Waals surface area contributed by atoms with Gasteiger partial charge in [-0.25, -0.2) is 9.78 Å². The summed E-state index contributed by atoms with van der Waals surface area (Å²) in [6.45, 7) is 7.79. The molecule has 0 unspecified atom stereocenters. The summed E-state index contributed by atoms with van der Waals surface area (Å²) in [6, 6.07) is 2.29. The van der Waals surface area contributed by atoms with Gasteiger partial charge in [-0.1, -0.05) is 6.92 Å². The van der Waals surface area contributed by atoms with Crippen molar-refractivity contribution in [1.82, 2.24) is 24.2 Å². The molecule has 0 bridgehead atoms. The molecule has 3 heterocycles. The number of carbonyl (C=O) groups is 1. The third-order valence-electron chi connectivity index (χ3n) is 4.49. The van der Waals surface area contributed by atoms with Crippen LogP contribution in [0.2, 0.25) is 0 Å². The maximum Gasteiger partial charge on any atom is 0.323 e. The van der Waals surface area contributed by atoms with E-state index in [0.717, 1.165) is 13.0 Å². The van der Waals surface area contributed by atoms with Gasteiger partial charge in [0.2, 0.25) is 0 Å². The van der Waals surface area contributed by atoms with Crippen LogP contribution >= 0.6 is 0 Å². The second-order valence-electron chi connectivity index (χ2n) is 6.49. The van der Waals surface area contributed by atoms with Crippen LogP contribution in [0.4, 0.5) is 10.6 Å². The van der Waals surface area contributed by atoms with Gasteiger partial charge in [-0.3, -0.25) is 10.00 Å². The van der Waals surface area contributed by atoms with Crippen LogP contribution in [0.5, 0.6) is 0 Å². The average Bonchev–Trinajstić information content (AvgIpc) is 3.18. The van der Waals surface area contributed by atoms with Gasteiger partial charge < -0.3 is 9.47 Å². The summed E-state index contributed by atoms with van der Waals surface area (Å²) in [4.78, 5) is 18.5. The van der Waals surface area contributed by atoms with Crippen LogP contribution < -0.4 is 5.32 Å². The number of urea groups is 1. The van der Waals surface area contributed by atoms with E-state index in [1.807, 2.05) is 34.4 Å². The highest BCUT2D eigenvalue weighted by Crippen LogP contribution is 2.27. The summed E-state index contributed by atoms with van der Waals surface area (Å²) in [5, 5.41) is 7.27. The molecule has 7 nitrogen and oxygen atoms in total. The molecule has 0 spiro atoms. The summed E-state index contributed by atoms with van der Waals surface area (Å²) in [7, 11) is 0. The third kappa shape index (κ3) is 3.38. The smallest absolute Gasteiger partial charge is 0.323 e. The first kappa shape index (κ1) is 15.6. The Kier molecular flexibility index (Phi) is 4.36. The Morgan fingerprint density at radius 3 is 2.87 bits per heavy atom. The molecule has 2 aromatic rings. The van der Waals surface area contributed by atoms with Crippen LogP contribution in [0.1, 0.15) is 39.3 Å². The largest absolute Gasteiger partial charge is 0.332 e. The molecule has 0 radical (unpaired) electrons. The van der Waals surface area contributed by atoms with Gasteiger partial charge in [0, 0.05) is 43.8 Å². The number of nitrogens with one attached hydrogen (secondary N) is 1. The molecule has 2 aromatic heterocycles. The van der Waals surface area contributed by atoms with Gasteiger partial charge in [-0.05, 0) is 26.2 Å². The number of carbonyl (C=O) groups excluding carboxylic acids is 1. The number of nitrogens with zero attached hydrogens (tertiary/aromatic N) is 5. The van der Waals surface area contributed by atoms with Crippen LogP contribution in [0, 0.1) is 5.92 Å². The predicted octanol–water partition coefficient (Wildman–Crippen LogP) is 2.78. The summed E-state index contributed by atoms with van der Waals surface area (Å²) < 4.78 is 3.93. The standard InChI is InChI=1S/C16H24N6O/c1-12(2)22-8-5-15(19-22)18-16(23)20-7-4-13(3)14(10-20)21-9-6-17-11-21/h5-6,8-9,11-14H,4,7,10H2,1-3H3,(H,18,19,23)/t13-,14+/m1/s1. The zero-order chi connectivity index (χ0) is 16.4. The molecule has 124 valence electrons. The molecular weight excluding hydrogens is 292 g/mol. The highest BCUT2D eigenvalue weighted by atomic mass is 16.2. The number of aromatic nitrogens is 4. The number of hydrogen-bond acceptors (Lipinski definition) is 3. The normalized spacial score (nSPS) is 21.7. The molecule has 0 aliphatic carbocycles. The molecule has 23 heavy (non-hydrogen) atoms. The van der Waals surface area contributed by atoms with Crippen molar-refractivity contribution in [2.24, 2.45) is 5.92 Å². The number of piperidine rings is 1. The van der Waals surface area contributed by atoms with Gasteiger partial charge in [0.05, 0.1) is 12.4 Å². The lowest BCUT2D eigenvalue weighted by Crippen LogP contribution is -2.45. The molecule has 0 saturated carbocycles. The molecule has 1 fully saturated rings. The SMILES string of the molecule is CC(C)n1ccc(NC(=O)N2CC[C@@H](C)[C@@H](n3ccnc3)C2)n1. The maximum absolute atomic E-state index is 12.5. The van der Waals surface area contributed by atoms with E-state index in [2.05, 4.69) is 40.7 Å². The van der Waals surface area contributed by atoms with E-state index in [9.17, 15) is 4.79 Å². The molecule has 1 aliphatic rings. The third-order valence-corrected chi connectivity index (χ3v) is 4.49. The Bertz CT molecular complexity index is 647. The average molecular weight is 316 g/mol. The van der Waals surface area contributed by atoms with Gasteiger partial charge in [0.15, 0.2) is 5.82 Å². The van der Waals surface area contributed by atoms with E-state index in [-0.39, 0.29) is 18.1 Å². The molecule has 3 rings (SSSR count). The van der Waals surface area contributed by atoms with Crippen molar-refractivity contribution in [3.8, 4) is 0 Å². The number of likely N-dealkylation sites (tertiary alicyclic amines) is 1. The summed E-state index contributed by atoms with van der Waals surface area (Å²) in [5.41, 5.74) is 0. The first-order chi connectivity index (χ1) is 11.0. The van der Waals surface area contributed by atoms with Crippen molar-refractivity contribution in [2.75, 3.05) is 18.4 Å². The fourth-order valence-electron chi connectivity index (χ4n) is 2.97. The molecular formula is C16H24N6O. The minimum atomic E-state index is -0.0870. The van der Waals surface area contributed by atoms with Gasteiger partial charge >= 0.3 is 6.03 Å². The summed E-state index contributed by atoms with van der Waals surface area (Å²) in [5.74, 6) is 1.12. The lowest BCUT2D eigenvalue weighted by atomic mass is 9.93. The van der Waals surface area contributed by atoms with Crippen molar-refractivity contribution in [1.29, 1.82) is 0 Å². The lowest BCUT2D eigenvalue weighted by Gasteiger charge is -2.37. The topological polar surface area (TPSA) is 68.0 Å². The first-order valence-electron chi connectivity index (χ1n) is 8.13. The highest BCUT2D eigenvalue weighted by molar-refractivity contribution is 5.88. The predicted molar refractivity (Wildman–Crippen MR) is 88.2 cm³/mol.